The Kier molecular flexibility index (Phi) is 8.86. The van der Waals surface area contributed by atoms with Crippen LogP contribution in [0.1, 0.15) is 53.3 Å². The van der Waals surface area contributed by atoms with Crippen molar-refractivity contribution in [1.82, 2.24) is 9.97 Å². The maximum atomic E-state index is 14.1. The van der Waals surface area contributed by atoms with Gasteiger partial charge in [-0.3, -0.25) is 14.7 Å². The Hall–Kier alpha value is -4.12. The molecule has 5 rings (SSSR count). The van der Waals surface area contributed by atoms with Crippen molar-refractivity contribution in [3.05, 3.63) is 88.2 Å². The van der Waals surface area contributed by atoms with Crippen molar-refractivity contribution in [2.45, 2.75) is 45.2 Å². The maximum Gasteiger partial charge on any atom is 0.430 e. The first-order valence-corrected chi connectivity index (χ1v) is 13.0. The third kappa shape index (κ3) is 7.15. The number of alkyl halides is 3. The Morgan fingerprint density at radius 2 is 1.78 bits per heavy atom. The smallest absolute Gasteiger partial charge is 0.430 e. The second-order valence-electron chi connectivity index (χ2n) is 9.61. The number of H-pyrrole nitrogens is 1. The van der Waals surface area contributed by atoms with Gasteiger partial charge in [0, 0.05) is 35.5 Å². The molecule has 214 valence electrons. The van der Waals surface area contributed by atoms with Crippen molar-refractivity contribution < 1.29 is 37.2 Å². The van der Waals surface area contributed by atoms with E-state index < -0.39 is 12.1 Å². The molecule has 0 radical (unpaired) electrons. The summed E-state index contributed by atoms with van der Waals surface area (Å²) < 4.78 is 45.6. The summed E-state index contributed by atoms with van der Waals surface area (Å²) in [6.07, 6.45) is -3.04. The van der Waals surface area contributed by atoms with Crippen molar-refractivity contribution >= 4 is 45.8 Å². The van der Waals surface area contributed by atoms with Crippen LogP contribution in [0.15, 0.2) is 54.6 Å². The van der Waals surface area contributed by atoms with E-state index in [1.54, 1.807) is 30.3 Å². The number of Topliss-reactive ketones (excluding diaryl/α,β-unsaturated/α-hetero) is 1. The molecule has 3 heterocycles. The topological polar surface area (TPSA) is 100 Å². The van der Waals surface area contributed by atoms with E-state index in [9.17, 15) is 22.4 Å². The van der Waals surface area contributed by atoms with Gasteiger partial charge < -0.3 is 9.90 Å². The van der Waals surface area contributed by atoms with E-state index in [1.807, 2.05) is 19.9 Å². The number of aromatic amines is 1. The van der Waals surface area contributed by atoms with Gasteiger partial charge in [0.15, 0.2) is 11.3 Å². The lowest BCUT2D eigenvalue weighted by Crippen LogP contribution is -2.37. The van der Waals surface area contributed by atoms with Crippen LogP contribution in [0.5, 0.6) is 0 Å². The van der Waals surface area contributed by atoms with E-state index >= 15 is 0 Å². The van der Waals surface area contributed by atoms with Gasteiger partial charge in [-0.15, -0.1) is 4.98 Å². The highest BCUT2D eigenvalue weighted by Crippen LogP contribution is 2.35. The Labute approximate surface area is 237 Å². The predicted molar refractivity (Wildman–Crippen MR) is 142 cm³/mol. The molecule has 1 atom stereocenters. The first kappa shape index (κ1) is 29.9. The molecule has 1 N–H and O–H groups in total. The highest BCUT2D eigenvalue weighted by atomic mass is 35.5. The molecule has 0 aliphatic carbocycles. The molecule has 0 spiro atoms. The van der Waals surface area contributed by atoms with Gasteiger partial charge in [0.25, 0.3) is 0 Å². The van der Waals surface area contributed by atoms with E-state index in [-0.39, 0.29) is 17.5 Å². The van der Waals surface area contributed by atoms with E-state index in [1.165, 1.54) is 12.1 Å². The Balaban J connectivity index is 0.000000493. The lowest BCUT2D eigenvalue weighted by Gasteiger charge is -2.27. The van der Waals surface area contributed by atoms with Gasteiger partial charge in [-0.2, -0.15) is 13.2 Å². The number of nitrogens with zero attached hydrogens (tertiary/aromatic N) is 3. The summed E-state index contributed by atoms with van der Waals surface area (Å²) in [4.78, 5) is 36.5. The van der Waals surface area contributed by atoms with Crippen molar-refractivity contribution in [2.75, 3.05) is 11.4 Å². The van der Waals surface area contributed by atoms with Gasteiger partial charge in [0.1, 0.15) is 17.5 Å². The zero-order valence-electron chi connectivity index (χ0n) is 22.1. The zero-order chi connectivity index (χ0) is 29.9. The summed E-state index contributed by atoms with van der Waals surface area (Å²) in [6, 6.07) is 15.7. The Morgan fingerprint density at radius 1 is 1.10 bits per heavy atom. The third-order valence-electron chi connectivity index (χ3n) is 6.52. The summed E-state index contributed by atoms with van der Waals surface area (Å²) in [5.41, 5.74) is 4.29. The van der Waals surface area contributed by atoms with E-state index in [0.29, 0.717) is 17.0 Å². The number of carboxylic acid groups (broad SMARTS) is 1. The van der Waals surface area contributed by atoms with Crippen LogP contribution in [0.4, 0.5) is 29.1 Å². The summed E-state index contributed by atoms with van der Waals surface area (Å²) in [6.45, 7) is 4.72. The third-order valence-corrected chi connectivity index (χ3v) is 6.77. The molecule has 7 nitrogen and oxygen atoms in total. The number of aromatic nitrogens is 3. The molecule has 0 saturated heterocycles. The number of rotatable bonds is 5. The monoisotopic (exact) mass is 588 g/mol. The number of ketones is 1. The second-order valence-corrected chi connectivity index (χ2v) is 10.0. The number of carbonyl (C=O) groups is 2. The fourth-order valence-corrected chi connectivity index (χ4v) is 4.69. The van der Waals surface area contributed by atoms with Crippen molar-refractivity contribution in [2.24, 2.45) is 0 Å². The lowest BCUT2D eigenvalue weighted by atomic mass is 9.95. The van der Waals surface area contributed by atoms with Crippen LogP contribution in [0.2, 0.25) is 5.02 Å². The van der Waals surface area contributed by atoms with Gasteiger partial charge in [-0.25, -0.2) is 9.37 Å². The van der Waals surface area contributed by atoms with E-state index in [0.717, 1.165) is 59.0 Å². The molecular formula is C29H25ClF4N4O3. The number of halogens is 5. The largest absolute Gasteiger partial charge is 0.542 e. The van der Waals surface area contributed by atoms with Crippen LogP contribution in [-0.2, 0) is 11.2 Å². The normalized spacial score (nSPS) is 13.7. The standard InChI is InChI=1S/C27H24ClFN4O.C2HF3O2/c1-16(14-26(34)18-5-7-19(28)8-6-18)22-11-12-25-24(32-22)4-3-13-33(25)27-21-15-20(29)9-10-23(21)30-17(2)31-27;3-2(4,5)1(6)7/h5-12,15-16H,3-4,13-14H2,1-2H3;(H,6,7). The van der Waals surface area contributed by atoms with Gasteiger partial charge in [0.2, 0.25) is 11.6 Å². The molecule has 12 heteroatoms. The van der Waals surface area contributed by atoms with Crippen LogP contribution in [0.3, 0.4) is 0 Å². The van der Waals surface area contributed by atoms with Crippen LogP contribution >= 0.6 is 11.6 Å². The summed E-state index contributed by atoms with van der Waals surface area (Å²) >= 11 is 5.94. The first-order valence-electron chi connectivity index (χ1n) is 12.7. The molecule has 1 aliphatic rings. The minimum Gasteiger partial charge on any atom is -0.542 e. The number of nitrogens with one attached hydrogen (secondary N) is 1. The fourth-order valence-electron chi connectivity index (χ4n) is 4.56. The van der Waals surface area contributed by atoms with Gasteiger partial charge in [-0.1, -0.05) is 18.5 Å². The fraction of sp³-hybridized carbons (Fsp3) is 0.276. The highest BCUT2D eigenvalue weighted by molar-refractivity contribution is 6.30. The molecule has 1 unspecified atom stereocenters. The highest BCUT2D eigenvalue weighted by Gasteiger charge is 2.29. The average Bonchev–Trinajstić information content (AvgIpc) is 2.92. The van der Waals surface area contributed by atoms with Gasteiger partial charge in [-0.05, 0) is 67.4 Å². The summed E-state index contributed by atoms with van der Waals surface area (Å²) in [5.74, 6) is -1.66. The SMILES string of the molecule is Cc1nc2ccc(F)cc2c(N2CCCc3nc(C(C)CC(=O)c4ccc(Cl)cc4)ccc32)[nH+]1.O=C([O-])C(F)(F)F. The quantitative estimate of drug-likeness (QED) is 0.232. The number of fused-ring (bicyclic) bond motifs is 2. The molecule has 2 aromatic heterocycles. The minimum absolute atomic E-state index is 0.0199. The molecule has 0 fully saturated rings. The molecule has 2 aromatic carbocycles. The van der Waals surface area contributed by atoms with Crippen LogP contribution in [0, 0.1) is 12.7 Å². The number of carbonyl (C=O) groups excluding carboxylic acids is 2. The lowest BCUT2D eigenvalue weighted by molar-refractivity contribution is -0.376. The number of hydrogen-bond donors (Lipinski definition) is 0. The van der Waals surface area contributed by atoms with Crippen LogP contribution in [0.25, 0.3) is 10.9 Å². The van der Waals surface area contributed by atoms with Crippen molar-refractivity contribution in [1.29, 1.82) is 0 Å². The van der Waals surface area contributed by atoms with Gasteiger partial charge in [0.05, 0.1) is 17.6 Å². The number of anilines is 2. The van der Waals surface area contributed by atoms with Crippen molar-refractivity contribution in [3.8, 4) is 0 Å². The number of carboxylic acids is 1. The number of pyridine rings is 1. The van der Waals surface area contributed by atoms with Crippen LogP contribution < -0.4 is 15.0 Å². The molecule has 0 amide bonds. The van der Waals surface area contributed by atoms with Crippen molar-refractivity contribution in [3.63, 3.8) is 0 Å². The predicted octanol–water partition coefficient (Wildman–Crippen LogP) is 5.30. The molecule has 0 saturated carbocycles. The maximum absolute atomic E-state index is 14.1. The second kappa shape index (κ2) is 12.2. The summed E-state index contributed by atoms with van der Waals surface area (Å²) in [5, 5.41) is 10.1. The van der Waals surface area contributed by atoms with E-state index in [2.05, 4.69) is 20.9 Å². The van der Waals surface area contributed by atoms with Crippen LogP contribution in [-0.4, -0.2) is 34.4 Å². The number of benzene rings is 2. The number of aryl methyl sites for hydroxylation is 2. The summed E-state index contributed by atoms with van der Waals surface area (Å²) in [7, 11) is 0. The Bertz CT molecular complexity index is 1600. The average molecular weight is 589 g/mol. The molecule has 41 heavy (non-hydrogen) atoms. The number of hydrogen-bond acceptors (Lipinski definition) is 6. The first-order chi connectivity index (χ1) is 19.3. The van der Waals surface area contributed by atoms with Gasteiger partial charge >= 0.3 is 6.18 Å². The van der Waals surface area contributed by atoms with E-state index in [4.69, 9.17) is 26.5 Å². The molecule has 4 aromatic rings. The minimum atomic E-state index is -5.19. The molecule has 1 aliphatic heterocycles. The Morgan fingerprint density at radius 3 is 2.44 bits per heavy atom. The zero-order valence-corrected chi connectivity index (χ0v) is 22.8. The number of aliphatic carboxylic acids is 1. The molecular weight excluding hydrogens is 564 g/mol. The molecule has 0 bridgehead atoms.